The monoisotopic (exact) mass is 295 g/mol. The van der Waals surface area contributed by atoms with Crippen molar-refractivity contribution in [2.24, 2.45) is 11.7 Å². The molecule has 0 saturated heterocycles. The van der Waals surface area contributed by atoms with Crippen LogP contribution in [0.25, 0.3) is 0 Å². The third kappa shape index (κ3) is 5.52. The maximum atomic E-state index is 12.6. The Hall–Kier alpha value is -1.33. The van der Waals surface area contributed by atoms with E-state index in [0.717, 1.165) is 32.7 Å². The molecule has 0 fully saturated rings. The number of nitrogens with zero attached hydrogens (tertiary/aromatic N) is 2. The molecular formula is C16H29N3O2. The molecular weight excluding hydrogens is 266 g/mol. The fourth-order valence-corrected chi connectivity index (χ4v) is 2.30. The maximum absolute atomic E-state index is 12.6. The number of hydrogen-bond acceptors (Lipinski definition) is 4. The third-order valence-corrected chi connectivity index (χ3v) is 3.56. The van der Waals surface area contributed by atoms with Crippen LogP contribution in [0.1, 0.15) is 43.8 Å². The Morgan fingerprint density at radius 3 is 2.43 bits per heavy atom. The summed E-state index contributed by atoms with van der Waals surface area (Å²) in [5.41, 5.74) is 6.12. The minimum Gasteiger partial charge on any atom is -0.467 e. The molecule has 0 aliphatic rings. The van der Waals surface area contributed by atoms with E-state index in [4.69, 9.17) is 10.2 Å². The second-order valence-corrected chi connectivity index (χ2v) is 5.68. The summed E-state index contributed by atoms with van der Waals surface area (Å²) in [7, 11) is 0. The molecule has 0 aliphatic carbocycles. The number of carbonyl (C=O) groups is 1. The van der Waals surface area contributed by atoms with Crippen LogP contribution >= 0.6 is 0 Å². The molecule has 120 valence electrons. The predicted molar refractivity (Wildman–Crippen MR) is 85.1 cm³/mol. The van der Waals surface area contributed by atoms with E-state index in [1.54, 1.807) is 6.07 Å². The second kappa shape index (κ2) is 8.85. The summed E-state index contributed by atoms with van der Waals surface area (Å²) < 4.78 is 5.28. The van der Waals surface area contributed by atoms with Gasteiger partial charge in [-0.05, 0) is 25.1 Å². The zero-order valence-electron chi connectivity index (χ0n) is 13.8. The molecule has 0 aromatic carbocycles. The molecule has 0 saturated carbocycles. The van der Waals surface area contributed by atoms with Crippen LogP contribution < -0.4 is 5.73 Å². The Bertz CT molecular complexity index is 425. The van der Waals surface area contributed by atoms with Gasteiger partial charge in [-0.15, -0.1) is 0 Å². The summed E-state index contributed by atoms with van der Waals surface area (Å²) in [5, 5.41) is 0. The molecule has 1 aromatic heterocycles. The van der Waals surface area contributed by atoms with Crippen LogP contribution in [0.4, 0.5) is 0 Å². The molecule has 0 spiro atoms. The van der Waals surface area contributed by atoms with Crippen molar-refractivity contribution in [3.63, 3.8) is 0 Å². The Balaban J connectivity index is 2.73. The van der Waals surface area contributed by atoms with Crippen molar-refractivity contribution < 1.29 is 9.21 Å². The quantitative estimate of drug-likeness (QED) is 0.758. The van der Waals surface area contributed by atoms with Crippen LogP contribution in [0.15, 0.2) is 16.7 Å². The summed E-state index contributed by atoms with van der Waals surface area (Å²) in [6.45, 7) is 13.2. The van der Waals surface area contributed by atoms with Gasteiger partial charge in [0.05, 0.1) is 12.1 Å². The van der Waals surface area contributed by atoms with Crippen LogP contribution in [0.2, 0.25) is 0 Å². The van der Waals surface area contributed by atoms with Gasteiger partial charge in [0.2, 0.25) is 0 Å². The fraction of sp³-hybridized carbons (Fsp3) is 0.688. The topological polar surface area (TPSA) is 62.7 Å². The molecule has 0 unspecified atom stereocenters. The van der Waals surface area contributed by atoms with E-state index < -0.39 is 0 Å². The molecule has 1 rings (SSSR count). The van der Waals surface area contributed by atoms with Gasteiger partial charge in [0.15, 0.2) is 0 Å². The standard InChI is InChI=1S/C16H29N3O2/c1-5-18(6-2)7-8-19(11-13(3)4)16(20)14-9-15(10-17)21-12-14/h9,12-13H,5-8,10-11,17H2,1-4H3. The SMILES string of the molecule is CCN(CC)CCN(CC(C)C)C(=O)c1coc(CN)c1. The van der Waals surface area contributed by atoms with Crippen molar-refractivity contribution in [3.8, 4) is 0 Å². The van der Waals surface area contributed by atoms with Crippen molar-refractivity contribution in [1.82, 2.24) is 9.80 Å². The van der Waals surface area contributed by atoms with Crippen LogP contribution in [0.3, 0.4) is 0 Å². The summed E-state index contributed by atoms with van der Waals surface area (Å²) in [4.78, 5) is 16.8. The summed E-state index contributed by atoms with van der Waals surface area (Å²) >= 11 is 0. The number of carbonyl (C=O) groups excluding carboxylic acids is 1. The van der Waals surface area contributed by atoms with E-state index in [1.807, 2.05) is 4.90 Å². The molecule has 0 aliphatic heterocycles. The third-order valence-electron chi connectivity index (χ3n) is 3.56. The molecule has 2 N–H and O–H groups in total. The smallest absolute Gasteiger partial charge is 0.257 e. The molecule has 21 heavy (non-hydrogen) atoms. The largest absolute Gasteiger partial charge is 0.467 e. The van der Waals surface area contributed by atoms with Gasteiger partial charge in [0.25, 0.3) is 5.91 Å². The number of likely N-dealkylation sites (N-methyl/N-ethyl adjacent to an activating group) is 1. The minimum absolute atomic E-state index is 0.0271. The van der Waals surface area contributed by atoms with Crippen LogP contribution in [0, 0.1) is 5.92 Å². The Labute approximate surface area is 128 Å². The van der Waals surface area contributed by atoms with E-state index in [1.165, 1.54) is 6.26 Å². The molecule has 1 amide bonds. The molecule has 5 nitrogen and oxygen atoms in total. The zero-order valence-corrected chi connectivity index (χ0v) is 13.8. The normalized spacial score (nSPS) is 11.4. The van der Waals surface area contributed by atoms with E-state index >= 15 is 0 Å². The highest BCUT2D eigenvalue weighted by Gasteiger charge is 2.19. The van der Waals surface area contributed by atoms with Crippen LogP contribution in [0.5, 0.6) is 0 Å². The maximum Gasteiger partial charge on any atom is 0.257 e. The Kier molecular flexibility index (Phi) is 7.47. The lowest BCUT2D eigenvalue weighted by Crippen LogP contribution is -2.40. The van der Waals surface area contributed by atoms with E-state index in [2.05, 4.69) is 32.6 Å². The first-order chi connectivity index (χ1) is 10.0. The van der Waals surface area contributed by atoms with E-state index in [9.17, 15) is 4.79 Å². The van der Waals surface area contributed by atoms with Crippen molar-refractivity contribution in [2.75, 3.05) is 32.7 Å². The number of furan rings is 1. The number of amides is 1. The lowest BCUT2D eigenvalue weighted by atomic mass is 10.2. The number of hydrogen-bond donors (Lipinski definition) is 1. The lowest BCUT2D eigenvalue weighted by Gasteiger charge is -2.27. The van der Waals surface area contributed by atoms with Gasteiger partial charge in [-0.25, -0.2) is 0 Å². The summed E-state index contributed by atoms with van der Waals surface area (Å²) in [6.07, 6.45) is 1.51. The number of rotatable bonds is 9. The molecule has 1 heterocycles. The van der Waals surface area contributed by atoms with Crippen molar-refractivity contribution in [1.29, 1.82) is 0 Å². The Morgan fingerprint density at radius 1 is 1.29 bits per heavy atom. The average molecular weight is 295 g/mol. The Morgan fingerprint density at radius 2 is 1.95 bits per heavy atom. The molecule has 5 heteroatoms. The highest BCUT2D eigenvalue weighted by atomic mass is 16.3. The van der Waals surface area contributed by atoms with Gasteiger partial charge in [-0.1, -0.05) is 27.7 Å². The predicted octanol–water partition coefficient (Wildman–Crippen LogP) is 2.18. The molecule has 1 aromatic rings. The van der Waals surface area contributed by atoms with Gasteiger partial charge in [-0.3, -0.25) is 4.79 Å². The zero-order chi connectivity index (χ0) is 15.8. The highest BCUT2D eigenvalue weighted by molar-refractivity contribution is 5.94. The van der Waals surface area contributed by atoms with Crippen LogP contribution in [-0.4, -0.2) is 48.4 Å². The fourth-order valence-electron chi connectivity index (χ4n) is 2.30. The van der Waals surface area contributed by atoms with Gasteiger partial charge in [-0.2, -0.15) is 0 Å². The van der Waals surface area contributed by atoms with E-state index in [0.29, 0.717) is 23.8 Å². The van der Waals surface area contributed by atoms with Gasteiger partial charge >= 0.3 is 0 Å². The highest BCUT2D eigenvalue weighted by Crippen LogP contribution is 2.12. The van der Waals surface area contributed by atoms with Crippen LogP contribution in [-0.2, 0) is 6.54 Å². The first-order valence-electron chi connectivity index (χ1n) is 7.80. The van der Waals surface area contributed by atoms with Crippen molar-refractivity contribution in [2.45, 2.75) is 34.2 Å². The lowest BCUT2D eigenvalue weighted by molar-refractivity contribution is 0.0715. The van der Waals surface area contributed by atoms with Gasteiger partial charge in [0.1, 0.15) is 12.0 Å². The van der Waals surface area contributed by atoms with Crippen molar-refractivity contribution in [3.05, 3.63) is 23.7 Å². The molecule has 0 radical (unpaired) electrons. The number of nitrogens with two attached hydrogens (primary N) is 1. The summed E-state index contributed by atoms with van der Waals surface area (Å²) in [6, 6.07) is 1.74. The van der Waals surface area contributed by atoms with Gasteiger partial charge in [0, 0.05) is 19.6 Å². The first kappa shape index (κ1) is 17.7. The minimum atomic E-state index is 0.0271. The molecule has 0 bridgehead atoms. The first-order valence-corrected chi connectivity index (χ1v) is 7.80. The summed E-state index contributed by atoms with van der Waals surface area (Å²) in [5.74, 6) is 1.11. The molecule has 0 atom stereocenters. The van der Waals surface area contributed by atoms with Gasteiger partial charge < -0.3 is 20.0 Å². The van der Waals surface area contributed by atoms with E-state index in [-0.39, 0.29) is 5.91 Å². The average Bonchev–Trinajstić information content (AvgIpc) is 2.94. The van der Waals surface area contributed by atoms with Crippen molar-refractivity contribution >= 4 is 5.91 Å². The second-order valence-electron chi connectivity index (χ2n) is 5.68.